The van der Waals surface area contributed by atoms with Crippen molar-refractivity contribution >= 4 is 6.08 Å². The van der Waals surface area contributed by atoms with E-state index in [2.05, 4.69) is 6.58 Å². The van der Waals surface area contributed by atoms with Crippen LogP contribution in [0.15, 0.2) is 30.8 Å². The van der Waals surface area contributed by atoms with E-state index in [1.165, 1.54) is 35.5 Å². The van der Waals surface area contributed by atoms with E-state index in [4.69, 9.17) is 28.4 Å². The summed E-state index contributed by atoms with van der Waals surface area (Å²) in [7, 11) is 7.63. The van der Waals surface area contributed by atoms with Crippen molar-refractivity contribution in [1.29, 1.82) is 0 Å². The second kappa shape index (κ2) is 9.93. The number of hydrogen-bond acceptors (Lipinski definition) is 7. The van der Waals surface area contributed by atoms with Gasteiger partial charge in [0.1, 0.15) is 12.2 Å². The van der Waals surface area contributed by atoms with E-state index in [0.29, 0.717) is 40.1 Å². The van der Waals surface area contributed by atoms with Crippen molar-refractivity contribution in [1.82, 2.24) is 0 Å². The highest BCUT2D eigenvalue weighted by Gasteiger charge is 2.25. The van der Waals surface area contributed by atoms with Gasteiger partial charge in [-0.15, -0.1) is 0 Å². The molecule has 0 aliphatic rings. The Kier molecular flexibility index (Phi) is 7.61. The van der Waals surface area contributed by atoms with Crippen LogP contribution in [0.25, 0.3) is 6.08 Å². The Morgan fingerprint density at radius 2 is 1.21 bits per heavy atom. The minimum atomic E-state index is -0.989. The summed E-state index contributed by atoms with van der Waals surface area (Å²) in [4.78, 5) is 0. The summed E-state index contributed by atoms with van der Waals surface area (Å²) in [5, 5.41) is 10.9. The molecule has 0 saturated heterocycles. The maximum atomic E-state index is 10.9. The molecule has 0 bridgehead atoms. The van der Waals surface area contributed by atoms with Crippen molar-refractivity contribution in [2.24, 2.45) is 0 Å². The highest BCUT2D eigenvalue weighted by Crippen LogP contribution is 2.43. The first-order valence-corrected chi connectivity index (χ1v) is 8.97. The highest BCUT2D eigenvalue weighted by molar-refractivity contribution is 5.61. The van der Waals surface area contributed by atoms with Gasteiger partial charge < -0.3 is 33.5 Å². The largest absolute Gasteiger partial charge is 0.493 e. The third-order valence-corrected chi connectivity index (χ3v) is 4.50. The van der Waals surface area contributed by atoms with E-state index in [1.54, 1.807) is 37.3 Å². The number of aliphatic hydroxyl groups is 1. The summed E-state index contributed by atoms with van der Waals surface area (Å²) in [6.07, 6.45) is 0.0515. The molecule has 2 aromatic rings. The number of aliphatic hydroxyl groups excluding tert-OH is 1. The van der Waals surface area contributed by atoms with E-state index in [9.17, 15) is 5.11 Å². The van der Waals surface area contributed by atoms with Crippen molar-refractivity contribution in [3.05, 3.63) is 42.0 Å². The van der Waals surface area contributed by atoms with Crippen molar-refractivity contribution < 1.29 is 33.5 Å². The molecule has 0 saturated carbocycles. The lowest BCUT2D eigenvalue weighted by Gasteiger charge is -2.24. The first-order chi connectivity index (χ1) is 13.9. The number of rotatable bonds is 10. The van der Waals surface area contributed by atoms with Crippen molar-refractivity contribution in [2.75, 3.05) is 35.5 Å². The van der Waals surface area contributed by atoms with Gasteiger partial charge in [-0.25, -0.2) is 0 Å². The molecule has 0 heterocycles. The Balaban J connectivity index is 2.39. The average molecular weight is 404 g/mol. The summed E-state index contributed by atoms with van der Waals surface area (Å²) in [6, 6.07) is 6.93. The van der Waals surface area contributed by atoms with Crippen LogP contribution in [-0.2, 0) is 0 Å². The van der Waals surface area contributed by atoms with Gasteiger partial charge in [-0.05, 0) is 42.3 Å². The van der Waals surface area contributed by atoms with Crippen LogP contribution in [0.4, 0.5) is 0 Å². The lowest BCUT2D eigenvalue weighted by atomic mass is 10.0. The predicted octanol–water partition coefficient (Wildman–Crippen LogP) is 3.87. The van der Waals surface area contributed by atoms with Gasteiger partial charge in [0, 0.05) is 0 Å². The fraction of sp³-hybridized carbons (Fsp3) is 0.364. The predicted molar refractivity (Wildman–Crippen MR) is 111 cm³/mol. The molecule has 2 rings (SSSR count). The van der Waals surface area contributed by atoms with Gasteiger partial charge in [0.15, 0.2) is 23.0 Å². The van der Waals surface area contributed by atoms with Crippen molar-refractivity contribution in [3.8, 4) is 34.5 Å². The van der Waals surface area contributed by atoms with Gasteiger partial charge in [-0.2, -0.15) is 0 Å². The van der Waals surface area contributed by atoms with E-state index in [-0.39, 0.29) is 0 Å². The molecule has 0 fully saturated rings. The van der Waals surface area contributed by atoms with Gasteiger partial charge in [0.25, 0.3) is 0 Å². The van der Waals surface area contributed by atoms with E-state index in [0.717, 1.165) is 5.56 Å². The zero-order chi connectivity index (χ0) is 21.6. The van der Waals surface area contributed by atoms with Crippen LogP contribution in [0.5, 0.6) is 34.5 Å². The maximum absolute atomic E-state index is 10.9. The quantitative estimate of drug-likeness (QED) is 0.644. The summed E-state index contributed by atoms with van der Waals surface area (Å²) >= 11 is 0. The fourth-order valence-corrected chi connectivity index (χ4v) is 2.93. The summed E-state index contributed by atoms with van der Waals surface area (Å²) < 4.78 is 32.9. The Labute approximate surface area is 171 Å². The molecule has 2 atom stereocenters. The minimum Gasteiger partial charge on any atom is -0.493 e. The third kappa shape index (κ3) is 4.68. The molecule has 0 aromatic heterocycles. The van der Waals surface area contributed by atoms with Crippen molar-refractivity contribution in [3.63, 3.8) is 0 Å². The van der Waals surface area contributed by atoms with Gasteiger partial charge in [0.2, 0.25) is 11.5 Å². The third-order valence-electron chi connectivity index (χ3n) is 4.50. The Bertz CT molecular complexity index is 797. The maximum Gasteiger partial charge on any atom is 0.203 e. The van der Waals surface area contributed by atoms with Crippen LogP contribution in [-0.4, -0.2) is 46.8 Å². The Hall–Kier alpha value is -3.06. The van der Waals surface area contributed by atoms with Gasteiger partial charge >= 0.3 is 0 Å². The standard InChI is InChI=1S/C22H28O7/c1-8-14-9-16(24-3)22(17(10-14)25-4)29-13(2)20(23)15-11-18(26-5)21(28-7)19(12-15)27-6/h8-13,20,23H,1H2,2-7H3/t13?,20-/m0/s1. The Morgan fingerprint density at radius 1 is 0.759 bits per heavy atom. The second-order valence-corrected chi connectivity index (χ2v) is 6.19. The topological polar surface area (TPSA) is 75.6 Å². The lowest BCUT2D eigenvalue weighted by Crippen LogP contribution is -2.22. The second-order valence-electron chi connectivity index (χ2n) is 6.19. The SMILES string of the molecule is C=Cc1cc(OC)c(OC(C)[C@H](O)c2cc(OC)c(OC)c(OC)c2)c(OC)c1. The molecule has 2 aromatic carbocycles. The number of ether oxygens (including phenoxy) is 6. The van der Waals surface area contributed by atoms with E-state index >= 15 is 0 Å². The molecule has 0 aliphatic carbocycles. The van der Waals surface area contributed by atoms with Gasteiger partial charge in [-0.3, -0.25) is 0 Å². The van der Waals surface area contributed by atoms with Crippen LogP contribution < -0.4 is 28.4 Å². The molecule has 0 aliphatic heterocycles. The molecular weight excluding hydrogens is 376 g/mol. The number of methoxy groups -OCH3 is 5. The lowest BCUT2D eigenvalue weighted by molar-refractivity contribution is 0.0431. The summed E-state index contributed by atoms with van der Waals surface area (Å²) in [5.41, 5.74) is 1.37. The summed E-state index contributed by atoms with van der Waals surface area (Å²) in [6.45, 7) is 5.51. The molecule has 1 N–H and O–H groups in total. The average Bonchev–Trinajstić information content (AvgIpc) is 2.76. The molecule has 1 unspecified atom stereocenters. The van der Waals surface area contributed by atoms with Crippen LogP contribution in [0.3, 0.4) is 0 Å². The molecule has 7 heteroatoms. The first-order valence-electron chi connectivity index (χ1n) is 8.97. The first kappa shape index (κ1) is 22.2. The molecule has 7 nitrogen and oxygen atoms in total. The number of benzene rings is 2. The summed E-state index contributed by atoms with van der Waals surface area (Å²) in [5.74, 6) is 2.67. The smallest absolute Gasteiger partial charge is 0.203 e. The Morgan fingerprint density at radius 3 is 1.59 bits per heavy atom. The van der Waals surface area contributed by atoms with Crippen LogP contribution >= 0.6 is 0 Å². The zero-order valence-corrected chi connectivity index (χ0v) is 17.6. The minimum absolute atomic E-state index is 0.389. The van der Waals surface area contributed by atoms with Crippen LogP contribution in [0.2, 0.25) is 0 Å². The van der Waals surface area contributed by atoms with E-state index in [1.807, 2.05) is 0 Å². The molecule has 0 amide bonds. The normalized spacial score (nSPS) is 12.5. The molecule has 158 valence electrons. The highest BCUT2D eigenvalue weighted by atomic mass is 16.6. The van der Waals surface area contributed by atoms with Crippen molar-refractivity contribution in [2.45, 2.75) is 19.1 Å². The van der Waals surface area contributed by atoms with Gasteiger partial charge in [0.05, 0.1) is 35.5 Å². The monoisotopic (exact) mass is 404 g/mol. The number of hydrogen-bond donors (Lipinski definition) is 1. The molecular formula is C22H28O7. The van der Waals surface area contributed by atoms with Gasteiger partial charge in [-0.1, -0.05) is 12.7 Å². The van der Waals surface area contributed by atoms with E-state index < -0.39 is 12.2 Å². The van der Waals surface area contributed by atoms with Crippen LogP contribution in [0.1, 0.15) is 24.2 Å². The van der Waals surface area contributed by atoms with Crippen LogP contribution in [0, 0.1) is 0 Å². The molecule has 29 heavy (non-hydrogen) atoms. The zero-order valence-electron chi connectivity index (χ0n) is 17.6. The fourth-order valence-electron chi connectivity index (χ4n) is 2.93. The molecule has 0 radical (unpaired) electrons. The molecule has 0 spiro atoms.